The van der Waals surface area contributed by atoms with Crippen molar-refractivity contribution in [3.05, 3.63) is 23.8 Å². The number of benzene rings is 1. The summed E-state index contributed by atoms with van der Waals surface area (Å²) in [6, 6.07) is 5.32. The van der Waals surface area contributed by atoms with Crippen LogP contribution in [0.25, 0.3) is 0 Å². The Bertz CT molecular complexity index is 584. The maximum absolute atomic E-state index is 11.5. The molecule has 0 saturated carbocycles. The summed E-state index contributed by atoms with van der Waals surface area (Å²) in [6.45, 7) is 0.192. The number of carboxylic acids is 1. The van der Waals surface area contributed by atoms with Crippen LogP contribution in [0.5, 0.6) is 11.5 Å². The average molecular weight is 317 g/mol. The standard InChI is InChI=1S/C13H19NO6S/c1-19-11-4-3-10(9-12(11)20-2)5-7-14-21(17,18)8-6-13(15)16/h3-4,9,14H,5-8H2,1-2H3,(H,15,16). The monoisotopic (exact) mass is 317 g/mol. The van der Waals surface area contributed by atoms with Gasteiger partial charge in [0.2, 0.25) is 10.0 Å². The van der Waals surface area contributed by atoms with Crippen LogP contribution in [0.15, 0.2) is 18.2 Å². The summed E-state index contributed by atoms with van der Waals surface area (Å²) in [4.78, 5) is 10.4. The van der Waals surface area contributed by atoms with E-state index in [0.717, 1.165) is 5.56 Å². The van der Waals surface area contributed by atoms with Crippen molar-refractivity contribution >= 4 is 16.0 Å². The Morgan fingerprint density at radius 1 is 1.24 bits per heavy atom. The summed E-state index contributed by atoms with van der Waals surface area (Å²) in [7, 11) is -0.502. The van der Waals surface area contributed by atoms with Crippen molar-refractivity contribution < 1.29 is 27.8 Å². The molecule has 8 heteroatoms. The lowest BCUT2D eigenvalue weighted by Gasteiger charge is -2.10. The van der Waals surface area contributed by atoms with Gasteiger partial charge in [0.05, 0.1) is 26.4 Å². The SMILES string of the molecule is COc1ccc(CCNS(=O)(=O)CCC(=O)O)cc1OC. The third-order valence-electron chi connectivity index (χ3n) is 2.77. The van der Waals surface area contributed by atoms with Gasteiger partial charge in [-0.3, -0.25) is 4.79 Å². The van der Waals surface area contributed by atoms with E-state index in [1.54, 1.807) is 12.1 Å². The molecule has 0 unspecified atom stereocenters. The van der Waals surface area contributed by atoms with Crippen molar-refractivity contribution in [3.8, 4) is 11.5 Å². The van der Waals surface area contributed by atoms with Crippen molar-refractivity contribution in [2.24, 2.45) is 0 Å². The number of methoxy groups -OCH3 is 2. The Labute approximate surface area is 123 Å². The zero-order chi connectivity index (χ0) is 15.9. The molecule has 0 atom stereocenters. The van der Waals surface area contributed by atoms with Crippen LogP contribution in [-0.2, 0) is 21.2 Å². The second-order valence-corrected chi connectivity index (χ2v) is 6.22. The van der Waals surface area contributed by atoms with Gasteiger partial charge in [-0.25, -0.2) is 13.1 Å². The van der Waals surface area contributed by atoms with Gasteiger partial charge in [-0.15, -0.1) is 0 Å². The minimum atomic E-state index is -3.56. The van der Waals surface area contributed by atoms with E-state index in [9.17, 15) is 13.2 Å². The Hall–Kier alpha value is -1.80. The van der Waals surface area contributed by atoms with Crippen LogP contribution in [-0.4, -0.2) is 46.0 Å². The summed E-state index contributed by atoms with van der Waals surface area (Å²) in [5.41, 5.74) is 0.883. The van der Waals surface area contributed by atoms with E-state index in [2.05, 4.69) is 4.72 Å². The number of rotatable bonds is 9. The van der Waals surface area contributed by atoms with E-state index in [-0.39, 0.29) is 6.54 Å². The van der Waals surface area contributed by atoms with Gasteiger partial charge in [0.25, 0.3) is 0 Å². The molecule has 0 bridgehead atoms. The minimum Gasteiger partial charge on any atom is -0.493 e. The maximum Gasteiger partial charge on any atom is 0.304 e. The first-order valence-corrected chi connectivity index (χ1v) is 7.93. The summed E-state index contributed by atoms with van der Waals surface area (Å²) in [5.74, 6) is -0.388. The van der Waals surface area contributed by atoms with E-state index in [4.69, 9.17) is 14.6 Å². The molecule has 0 aliphatic heterocycles. The van der Waals surface area contributed by atoms with Crippen molar-refractivity contribution in [1.82, 2.24) is 4.72 Å². The van der Waals surface area contributed by atoms with Crippen LogP contribution in [0.1, 0.15) is 12.0 Å². The molecule has 1 aromatic rings. The predicted molar refractivity (Wildman–Crippen MR) is 77.3 cm³/mol. The van der Waals surface area contributed by atoms with Crippen molar-refractivity contribution in [2.45, 2.75) is 12.8 Å². The largest absolute Gasteiger partial charge is 0.493 e. The molecule has 0 saturated heterocycles. The van der Waals surface area contributed by atoms with Gasteiger partial charge >= 0.3 is 5.97 Å². The zero-order valence-corrected chi connectivity index (χ0v) is 12.8. The first-order valence-electron chi connectivity index (χ1n) is 6.28. The van der Waals surface area contributed by atoms with Crippen LogP contribution in [0.3, 0.4) is 0 Å². The van der Waals surface area contributed by atoms with Gasteiger partial charge in [-0.2, -0.15) is 0 Å². The molecule has 1 aromatic carbocycles. The average Bonchev–Trinajstić information content (AvgIpc) is 2.45. The number of sulfonamides is 1. The number of hydrogen-bond donors (Lipinski definition) is 2. The highest BCUT2D eigenvalue weighted by atomic mass is 32.2. The lowest BCUT2D eigenvalue weighted by Crippen LogP contribution is -2.29. The molecule has 0 heterocycles. The Balaban J connectivity index is 2.54. The summed E-state index contributed by atoms with van der Waals surface area (Å²) in [5, 5.41) is 8.47. The molecule has 0 radical (unpaired) electrons. The molecule has 21 heavy (non-hydrogen) atoms. The lowest BCUT2D eigenvalue weighted by atomic mass is 10.1. The number of aliphatic carboxylic acids is 1. The second-order valence-electron chi connectivity index (χ2n) is 4.30. The molecule has 2 N–H and O–H groups in total. The molecule has 0 aliphatic rings. The predicted octanol–water partition coefficient (Wildman–Crippen LogP) is 0.640. The van der Waals surface area contributed by atoms with Crippen LogP contribution in [0.4, 0.5) is 0 Å². The van der Waals surface area contributed by atoms with Gasteiger partial charge in [0, 0.05) is 6.54 Å². The normalized spacial score (nSPS) is 11.1. The molecular formula is C13H19NO6S. The van der Waals surface area contributed by atoms with Crippen molar-refractivity contribution in [2.75, 3.05) is 26.5 Å². The lowest BCUT2D eigenvalue weighted by molar-refractivity contribution is -0.136. The molecule has 1 rings (SSSR count). The smallest absolute Gasteiger partial charge is 0.304 e. The Morgan fingerprint density at radius 3 is 2.48 bits per heavy atom. The number of nitrogens with one attached hydrogen (secondary N) is 1. The van der Waals surface area contributed by atoms with Gasteiger partial charge in [0.1, 0.15) is 0 Å². The van der Waals surface area contributed by atoms with Crippen LogP contribution in [0.2, 0.25) is 0 Å². The molecule has 0 spiro atoms. The van der Waals surface area contributed by atoms with E-state index < -0.39 is 28.2 Å². The quantitative estimate of drug-likeness (QED) is 0.693. The van der Waals surface area contributed by atoms with Crippen molar-refractivity contribution in [3.63, 3.8) is 0 Å². The van der Waals surface area contributed by atoms with Gasteiger partial charge in [0.15, 0.2) is 11.5 Å². The second kappa shape index (κ2) is 7.84. The zero-order valence-electron chi connectivity index (χ0n) is 12.0. The van der Waals surface area contributed by atoms with E-state index >= 15 is 0 Å². The number of ether oxygens (including phenoxy) is 2. The molecule has 0 aliphatic carbocycles. The van der Waals surface area contributed by atoms with E-state index in [0.29, 0.717) is 17.9 Å². The molecule has 0 amide bonds. The third kappa shape index (κ3) is 6.01. The first kappa shape index (κ1) is 17.3. The van der Waals surface area contributed by atoms with Gasteiger partial charge < -0.3 is 14.6 Å². The van der Waals surface area contributed by atoms with Crippen LogP contribution >= 0.6 is 0 Å². The van der Waals surface area contributed by atoms with Crippen LogP contribution in [0, 0.1) is 0 Å². The summed E-state index contributed by atoms with van der Waals surface area (Å²) < 4.78 is 35.7. The number of carbonyl (C=O) groups is 1. The highest BCUT2D eigenvalue weighted by molar-refractivity contribution is 7.89. The molecule has 0 fully saturated rings. The van der Waals surface area contributed by atoms with Gasteiger partial charge in [-0.1, -0.05) is 6.07 Å². The Kier molecular flexibility index (Phi) is 6.44. The van der Waals surface area contributed by atoms with Crippen molar-refractivity contribution in [1.29, 1.82) is 0 Å². The molecule has 7 nitrogen and oxygen atoms in total. The van der Waals surface area contributed by atoms with E-state index in [1.807, 2.05) is 6.07 Å². The van der Waals surface area contributed by atoms with E-state index in [1.165, 1.54) is 14.2 Å². The van der Waals surface area contributed by atoms with Crippen LogP contribution < -0.4 is 14.2 Å². The maximum atomic E-state index is 11.5. The number of hydrogen-bond acceptors (Lipinski definition) is 5. The molecule has 118 valence electrons. The topological polar surface area (TPSA) is 102 Å². The summed E-state index contributed by atoms with van der Waals surface area (Å²) in [6.07, 6.45) is 0.0539. The third-order valence-corrected chi connectivity index (χ3v) is 4.15. The van der Waals surface area contributed by atoms with Gasteiger partial charge in [-0.05, 0) is 24.1 Å². The number of carboxylic acid groups (broad SMARTS) is 1. The highest BCUT2D eigenvalue weighted by Gasteiger charge is 2.12. The fourth-order valence-electron chi connectivity index (χ4n) is 1.68. The molecular weight excluding hydrogens is 298 g/mol. The summed E-state index contributed by atoms with van der Waals surface area (Å²) >= 11 is 0. The fraction of sp³-hybridized carbons (Fsp3) is 0.462. The fourth-order valence-corrected chi connectivity index (χ4v) is 2.68. The first-order chi connectivity index (χ1) is 9.88. The molecule has 0 aromatic heterocycles. The minimum absolute atomic E-state index is 0.192. The Morgan fingerprint density at radius 2 is 1.90 bits per heavy atom. The highest BCUT2D eigenvalue weighted by Crippen LogP contribution is 2.27.